The number of hydrogen-bond acceptors (Lipinski definition) is 5. The molecule has 1 saturated heterocycles. The van der Waals surface area contributed by atoms with Crippen molar-refractivity contribution in [1.29, 1.82) is 0 Å². The predicted octanol–water partition coefficient (Wildman–Crippen LogP) is 1.43. The number of benzene rings is 1. The summed E-state index contributed by atoms with van der Waals surface area (Å²) >= 11 is 0. The van der Waals surface area contributed by atoms with Crippen molar-refractivity contribution in [3.8, 4) is 11.1 Å². The van der Waals surface area contributed by atoms with Crippen LogP contribution in [0.3, 0.4) is 0 Å². The molecule has 0 spiro atoms. The fourth-order valence-corrected chi connectivity index (χ4v) is 4.96. The molecule has 2 aromatic heterocycles. The van der Waals surface area contributed by atoms with Gasteiger partial charge in [-0.3, -0.25) is 9.48 Å². The van der Waals surface area contributed by atoms with E-state index in [9.17, 15) is 13.2 Å². The first-order chi connectivity index (χ1) is 14.4. The quantitative estimate of drug-likeness (QED) is 0.643. The van der Waals surface area contributed by atoms with E-state index < -0.39 is 15.3 Å². The van der Waals surface area contributed by atoms with Crippen molar-refractivity contribution in [2.24, 2.45) is 7.05 Å². The van der Waals surface area contributed by atoms with Crippen molar-refractivity contribution in [2.75, 3.05) is 25.0 Å². The third-order valence-electron chi connectivity index (χ3n) is 5.55. The molecule has 1 aliphatic heterocycles. The molecule has 9 heteroatoms. The zero-order chi connectivity index (χ0) is 21.3. The summed E-state index contributed by atoms with van der Waals surface area (Å²) in [5.74, 6) is 0. The Balaban J connectivity index is 1.66. The molecule has 3 heterocycles. The Labute approximate surface area is 175 Å². The lowest BCUT2D eigenvalue weighted by Gasteiger charge is -2.22. The molecule has 30 heavy (non-hydrogen) atoms. The minimum absolute atomic E-state index is 0.134. The lowest BCUT2D eigenvalue weighted by molar-refractivity contribution is 0.575. The van der Waals surface area contributed by atoms with Gasteiger partial charge in [-0.05, 0) is 19.0 Å². The largest absolute Gasteiger partial charge is 0.369 e. The number of aromatic nitrogens is 3. The monoisotopic (exact) mass is 427 g/mol. The van der Waals surface area contributed by atoms with Gasteiger partial charge in [0.1, 0.15) is 0 Å². The lowest BCUT2D eigenvalue weighted by Crippen LogP contribution is -2.34. The van der Waals surface area contributed by atoms with Gasteiger partial charge in [0.15, 0.2) is 0 Å². The number of hydrogen-bond donors (Lipinski definition) is 1. The molecular formula is C21H25N5O3S. The average Bonchev–Trinajstić information content (AvgIpc) is 3.41. The first-order valence-electron chi connectivity index (χ1n) is 9.82. The maximum Gasteiger partial charge on any atom is 0.252 e. The molecule has 8 nitrogen and oxygen atoms in total. The standard InChI is InChI=1S/C21H25N5O3S/c1-22-30(28,29)18-8-9-25(14-18)20-10-21(27)24(2)15-19(20)17-11-23-26(13-17)12-16-6-4-3-5-7-16/h3-7,10-11,13,15,18,22H,8-9,12,14H2,1-2H3. The number of rotatable bonds is 6. The topological polar surface area (TPSA) is 89.2 Å². The summed E-state index contributed by atoms with van der Waals surface area (Å²) < 4.78 is 30.2. The van der Waals surface area contributed by atoms with Crippen molar-refractivity contribution >= 4 is 15.7 Å². The van der Waals surface area contributed by atoms with E-state index in [1.54, 1.807) is 25.5 Å². The van der Waals surface area contributed by atoms with Crippen LogP contribution < -0.4 is 15.2 Å². The van der Waals surface area contributed by atoms with Crippen LogP contribution in [-0.4, -0.2) is 48.2 Å². The van der Waals surface area contributed by atoms with Gasteiger partial charge in [-0.1, -0.05) is 30.3 Å². The van der Waals surface area contributed by atoms with Crippen LogP contribution in [0, 0.1) is 0 Å². The summed E-state index contributed by atoms with van der Waals surface area (Å²) in [4.78, 5) is 14.3. The van der Waals surface area contributed by atoms with E-state index >= 15 is 0 Å². The second-order valence-electron chi connectivity index (χ2n) is 7.54. The maximum atomic E-state index is 12.3. The minimum atomic E-state index is -3.36. The summed E-state index contributed by atoms with van der Waals surface area (Å²) in [6.45, 7) is 1.57. The van der Waals surface area contributed by atoms with E-state index in [2.05, 4.69) is 9.82 Å². The highest BCUT2D eigenvalue weighted by molar-refractivity contribution is 7.90. The number of aryl methyl sites for hydroxylation is 1. The zero-order valence-corrected chi connectivity index (χ0v) is 17.8. The van der Waals surface area contributed by atoms with E-state index in [1.807, 2.05) is 46.1 Å². The zero-order valence-electron chi connectivity index (χ0n) is 17.0. The molecule has 3 aromatic rings. The molecule has 1 aliphatic rings. The van der Waals surface area contributed by atoms with Gasteiger partial charge in [0.05, 0.1) is 23.7 Å². The highest BCUT2D eigenvalue weighted by Crippen LogP contribution is 2.32. The summed E-state index contributed by atoms with van der Waals surface area (Å²) in [6, 6.07) is 11.6. The van der Waals surface area contributed by atoms with E-state index in [0.29, 0.717) is 26.1 Å². The Bertz CT molecular complexity index is 1200. The van der Waals surface area contributed by atoms with Crippen LogP contribution in [0.1, 0.15) is 12.0 Å². The van der Waals surface area contributed by atoms with E-state index in [1.165, 1.54) is 11.6 Å². The third kappa shape index (κ3) is 4.03. The van der Waals surface area contributed by atoms with Gasteiger partial charge in [0.25, 0.3) is 5.56 Å². The normalized spacial score (nSPS) is 16.9. The Morgan fingerprint density at radius 2 is 1.97 bits per heavy atom. The van der Waals surface area contributed by atoms with Crippen molar-refractivity contribution in [1.82, 2.24) is 19.1 Å². The van der Waals surface area contributed by atoms with Crippen LogP contribution in [0.15, 0.2) is 59.8 Å². The highest BCUT2D eigenvalue weighted by atomic mass is 32.2. The van der Waals surface area contributed by atoms with Crippen molar-refractivity contribution in [3.05, 3.63) is 70.9 Å². The Morgan fingerprint density at radius 1 is 1.20 bits per heavy atom. The van der Waals surface area contributed by atoms with Gasteiger partial charge < -0.3 is 9.47 Å². The Hall–Kier alpha value is -2.91. The molecule has 0 saturated carbocycles. The number of pyridine rings is 1. The fourth-order valence-electron chi connectivity index (χ4n) is 3.83. The molecule has 1 N–H and O–H groups in total. The molecule has 1 fully saturated rings. The maximum absolute atomic E-state index is 12.3. The van der Waals surface area contributed by atoms with Crippen molar-refractivity contribution in [3.63, 3.8) is 0 Å². The fraction of sp³-hybridized carbons (Fsp3) is 0.333. The number of nitrogens with zero attached hydrogens (tertiary/aromatic N) is 4. The second-order valence-corrected chi connectivity index (χ2v) is 9.70. The van der Waals surface area contributed by atoms with Crippen LogP contribution in [0.4, 0.5) is 5.69 Å². The molecule has 0 amide bonds. The van der Waals surface area contributed by atoms with E-state index in [4.69, 9.17) is 0 Å². The number of anilines is 1. The molecule has 1 atom stereocenters. The Kier molecular flexibility index (Phi) is 5.48. The summed E-state index contributed by atoms with van der Waals surface area (Å²) in [5.41, 5.74) is 3.50. The third-order valence-corrected chi connectivity index (χ3v) is 7.38. The molecule has 0 bridgehead atoms. The van der Waals surface area contributed by atoms with Crippen LogP contribution in [0.2, 0.25) is 0 Å². The summed E-state index contributed by atoms with van der Waals surface area (Å²) in [6.07, 6.45) is 6.05. The molecule has 0 radical (unpaired) electrons. The number of sulfonamides is 1. The first kappa shape index (κ1) is 20.4. The number of nitrogens with one attached hydrogen (secondary N) is 1. The van der Waals surface area contributed by atoms with Gasteiger partial charge in [-0.25, -0.2) is 13.1 Å². The summed E-state index contributed by atoms with van der Waals surface area (Å²) in [5, 5.41) is 3.98. The van der Waals surface area contributed by atoms with Crippen molar-refractivity contribution in [2.45, 2.75) is 18.2 Å². The van der Waals surface area contributed by atoms with E-state index in [0.717, 1.165) is 22.4 Å². The SMILES string of the molecule is CNS(=O)(=O)C1CCN(c2cc(=O)n(C)cc2-c2cnn(Cc3ccccc3)c2)C1. The van der Waals surface area contributed by atoms with Crippen LogP contribution in [-0.2, 0) is 23.6 Å². The smallest absolute Gasteiger partial charge is 0.252 e. The molecular weight excluding hydrogens is 402 g/mol. The molecule has 1 aromatic carbocycles. The van der Waals surface area contributed by atoms with Crippen LogP contribution >= 0.6 is 0 Å². The molecule has 158 valence electrons. The van der Waals surface area contributed by atoms with Crippen LogP contribution in [0.5, 0.6) is 0 Å². The second kappa shape index (κ2) is 8.08. The predicted molar refractivity (Wildman–Crippen MR) is 117 cm³/mol. The van der Waals surface area contributed by atoms with Gasteiger partial charge in [-0.15, -0.1) is 0 Å². The van der Waals surface area contributed by atoms with Gasteiger partial charge in [-0.2, -0.15) is 5.10 Å². The highest BCUT2D eigenvalue weighted by Gasteiger charge is 2.33. The van der Waals surface area contributed by atoms with Gasteiger partial charge in [0, 0.05) is 49.7 Å². The Morgan fingerprint density at radius 3 is 2.70 bits per heavy atom. The minimum Gasteiger partial charge on any atom is -0.369 e. The van der Waals surface area contributed by atoms with E-state index in [-0.39, 0.29) is 5.56 Å². The van der Waals surface area contributed by atoms with Crippen molar-refractivity contribution < 1.29 is 8.42 Å². The van der Waals surface area contributed by atoms with Gasteiger partial charge in [0.2, 0.25) is 10.0 Å². The van der Waals surface area contributed by atoms with Gasteiger partial charge >= 0.3 is 0 Å². The molecule has 1 unspecified atom stereocenters. The summed E-state index contributed by atoms with van der Waals surface area (Å²) in [7, 11) is -0.213. The average molecular weight is 428 g/mol. The molecule has 0 aliphatic carbocycles. The van der Waals surface area contributed by atoms with Crippen LogP contribution in [0.25, 0.3) is 11.1 Å². The molecule has 4 rings (SSSR count). The first-order valence-corrected chi connectivity index (χ1v) is 11.4. The lowest BCUT2D eigenvalue weighted by atomic mass is 10.1.